The number of nitrogens with zero attached hydrogens (tertiary/aromatic N) is 5. The summed E-state index contributed by atoms with van der Waals surface area (Å²) in [5.74, 6) is 7.58. The Morgan fingerprint density at radius 3 is 2.54 bits per heavy atom. The number of halogens is 1. The molecule has 130 valence electrons. The molecule has 2 aromatic heterocycles. The third-order valence-electron chi connectivity index (χ3n) is 3.85. The minimum Gasteiger partial charge on any atom is -0.335 e. The number of nitrogen functional groups attached to an aromatic ring is 1. The minimum atomic E-state index is 0.633. The highest BCUT2D eigenvalue weighted by Gasteiger charge is 2.14. The molecule has 0 radical (unpaired) electrons. The van der Waals surface area contributed by atoms with Crippen molar-refractivity contribution in [2.45, 2.75) is 10.9 Å². The molecule has 0 saturated carbocycles. The van der Waals surface area contributed by atoms with Gasteiger partial charge < -0.3 is 5.84 Å². The molecule has 0 saturated heterocycles. The molecule has 0 atom stereocenters. The zero-order valence-corrected chi connectivity index (χ0v) is 16.1. The molecule has 2 heterocycles. The van der Waals surface area contributed by atoms with Crippen LogP contribution in [0.4, 0.5) is 0 Å². The van der Waals surface area contributed by atoms with E-state index in [9.17, 15) is 0 Å². The first kappa shape index (κ1) is 16.9. The normalized spacial score (nSPS) is 11.0. The summed E-state index contributed by atoms with van der Waals surface area (Å²) in [5.41, 5.74) is 3.12. The number of hydrogen-bond acceptors (Lipinski definition) is 5. The van der Waals surface area contributed by atoms with E-state index in [0.29, 0.717) is 11.0 Å². The van der Waals surface area contributed by atoms with Crippen molar-refractivity contribution in [3.8, 4) is 17.1 Å². The average molecular weight is 427 g/mol. The van der Waals surface area contributed by atoms with Gasteiger partial charge in [-0.15, -0.1) is 10.2 Å². The maximum absolute atomic E-state index is 6.20. The highest BCUT2D eigenvalue weighted by Crippen LogP contribution is 2.29. The van der Waals surface area contributed by atoms with Crippen LogP contribution in [0.3, 0.4) is 0 Å². The van der Waals surface area contributed by atoms with Crippen molar-refractivity contribution in [3.63, 3.8) is 0 Å². The zero-order valence-electron chi connectivity index (χ0n) is 13.7. The number of aromatic nitrogens is 5. The van der Waals surface area contributed by atoms with Crippen LogP contribution in [0.1, 0.15) is 5.56 Å². The van der Waals surface area contributed by atoms with Crippen molar-refractivity contribution < 1.29 is 0 Å². The summed E-state index contributed by atoms with van der Waals surface area (Å²) in [7, 11) is 0. The maximum atomic E-state index is 6.20. The molecule has 2 aromatic carbocycles. The lowest BCUT2D eigenvalue weighted by Gasteiger charge is -2.06. The van der Waals surface area contributed by atoms with E-state index >= 15 is 0 Å². The van der Waals surface area contributed by atoms with Crippen molar-refractivity contribution in [1.29, 1.82) is 0 Å². The van der Waals surface area contributed by atoms with Crippen molar-refractivity contribution in [3.05, 3.63) is 77.0 Å². The molecule has 0 aliphatic carbocycles. The molecule has 0 aliphatic heterocycles. The lowest BCUT2D eigenvalue weighted by atomic mass is 10.2. The Morgan fingerprint density at radius 1 is 1.00 bits per heavy atom. The monoisotopic (exact) mass is 426 g/mol. The fourth-order valence-corrected chi connectivity index (χ4v) is 3.79. The number of hydrogen-bond donors (Lipinski definition) is 1. The van der Waals surface area contributed by atoms with E-state index in [1.807, 2.05) is 53.3 Å². The van der Waals surface area contributed by atoms with E-state index in [0.717, 1.165) is 21.5 Å². The molecule has 2 N–H and O–H groups in total. The molecule has 4 aromatic rings. The van der Waals surface area contributed by atoms with Crippen molar-refractivity contribution in [2.75, 3.05) is 5.84 Å². The Balaban J connectivity index is 1.48. The molecular weight excluding hydrogens is 412 g/mol. The Kier molecular flexibility index (Phi) is 4.77. The first-order chi connectivity index (χ1) is 12.7. The van der Waals surface area contributed by atoms with Crippen molar-refractivity contribution in [1.82, 2.24) is 24.7 Å². The molecule has 0 amide bonds. The highest BCUT2D eigenvalue weighted by atomic mass is 79.9. The number of nitrogens with two attached hydrogens (primary N) is 1. The van der Waals surface area contributed by atoms with E-state index in [1.54, 1.807) is 18.0 Å². The molecule has 6 nitrogen and oxygen atoms in total. The third kappa shape index (κ3) is 3.38. The van der Waals surface area contributed by atoms with Gasteiger partial charge in [-0.3, -0.25) is 0 Å². The van der Waals surface area contributed by atoms with Gasteiger partial charge in [0.1, 0.15) is 0 Å². The molecule has 0 bridgehead atoms. The van der Waals surface area contributed by atoms with Gasteiger partial charge in [0.2, 0.25) is 5.16 Å². The second-order valence-corrected chi connectivity index (χ2v) is 7.36. The standard InChI is InChI=1S/C18H15BrN6S/c19-16-5-2-1-4-15(16)17-22-23-18(25(17)20)26-12-13-6-8-14(9-7-13)24-11-3-10-21-24/h1-11H,12,20H2. The van der Waals surface area contributed by atoms with Gasteiger partial charge in [0.15, 0.2) is 5.82 Å². The number of benzene rings is 2. The molecular formula is C18H15BrN6S. The minimum absolute atomic E-state index is 0.633. The predicted molar refractivity (Wildman–Crippen MR) is 106 cm³/mol. The largest absolute Gasteiger partial charge is 0.335 e. The van der Waals surface area contributed by atoms with Crippen molar-refractivity contribution >= 4 is 27.7 Å². The van der Waals surface area contributed by atoms with Gasteiger partial charge in [0, 0.05) is 28.2 Å². The number of rotatable bonds is 5. The summed E-state index contributed by atoms with van der Waals surface area (Å²) in [6.45, 7) is 0. The maximum Gasteiger partial charge on any atom is 0.210 e. The van der Waals surface area contributed by atoms with Crippen LogP contribution >= 0.6 is 27.7 Å². The topological polar surface area (TPSA) is 74.5 Å². The highest BCUT2D eigenvalue weighted by molar-refractivity contribution is 9.10. The van der Waals surface area contributed by atoms with Crippen LogP contribution in [0.25, 0.3) is 17.1 Å². The lowest BCUT2D eigenvalue weighted by molar-refractivity contribution is 0.849. The van der Waals surface area contributed by atoms with Crippen LogP contribution in [0, 0.1) is 0 Å². The molecule has 0 spiro atoms. The summed E-state index contributed by atoms with van der Waals surface area (Å²) in [6, 6.07) is 18.0. The van der Waals surface area contributed by atoms with E-state index in [2.05, 4.69) is 43.4 Å². The second kappa shape index (κ2) is 7.35. The fourth-order valence-electron chi connectivity index (χ4n) is 2.52. The van der Waals surface area contributed by atoms with E-state index in [-0.39, 0.29) is 0 Å². The van der Waals surface area contributed by atoms with Gasteiger partial charge in [-0.1, -0.05) is 52.0 Å². The van der Waals surface area contributed by atoms with Gasteiger partial charge in [0.05, 0.1) is 5.69 Å². The summed E-state index contributed by atoms with van der Waals surface area (Å²) in [6.07, 6.45) is 3.68. The summed E-state index contributed by atoms with van der Waals surface area (Å²) in [4.78, 5) is 0. The molecule has 0 fully saturated rings. The molecule has 8 heteroatoms. The average Bonchev–Trinajstić information content (AvgIpc) is 3.32. The Labute approximate surface area is 163 Å². The van der Waals surface area contributed by atoms with Crippen LogP contribution in [0.5, 0.6) is 0 Å². The predicted octanol–water partition coefficient (Wildman–Crippen LogP) is 3.90. The smallest absolute Gasteiger partial charge is 0.210 e. The van der Waals surface area contributed by atoms with Crippen LogP contribution < -0.4 is 5.84 Å². The van der Waals surface area contributed by atoms with E-state index in [4.69, 9.17) is 5.84 Å². The quantitative estimate of drug-likeness (QED) is 0.386. The first-order valence-corrected chi connectivity index (χ1v) is 9.67. The third-order valence-corrected chi connectivity index (χ3v) is 5.56. The van der Waals surface area contributed by atoms with E-state index in [1.165, 1.54) is 10.2 Å². The fraction of sp³-hybridized carbons (Fsp3) is 0.0556. The van der Waals surface area contributed by atoms with Gasteiger partial charge in [-0.2, -0.15) is 5.10 Å². The Bertz CT molecular complexity index is 1010. The molecule has 0 unspecified atom stereocenters. The van der Waals surface area contributed by atoms with Gasteiger partial charge in [-0.05, 0) is 35.9 Å². The van der Waals surface area contributed by atoms with Crippen molar-refractivity contribution in [2.24, 2.45) is 0 Å². The Morgan fingerprint density at radius 2 is 1.81 bits per heavy atom. The van der Waals surface area contributed by atoms with Crippen LogP contribution in [-0.4, -0.2) is 24.7 Å². The SMILES string of the molecule is Nn1c(SCc2ccc(-n3cccn3)cc2)nnc1-c1ccccc1Br. The molecule has 26 heavy (non-hydrogen) atoms. The summed E-state index contributed by atoms with van der Waals surface area (Å²) >= 11 is 5.08. The molecule has 4 rings (SSSR count). The lowest BCUT2D eigenvalue weighted by Crippen LogP contribution is -2.11. The van der Waals surface area contributed by atoms with Gasteiger partial charge in [0.25, 0.3) is 0 Å². The van der Waals surface area contributed by atoms with Gasteiger partial charge >= 0.3 is 0 Å². The van der Waals surface area contributed by atoms with E-state index < -0.39 is 0 Å². The second-order valence-electron chi connectivity index (χ2n) is 5.56. The Hall–Kier alpha value is -2.58. The first-order valence-electron chi connectivity index (χ1n) is 7.89. The van der Waals surface area contributed by atoms with Gasteiger partial charge in [-0.25, -0.2) is 9.36 Å². The van der Waals surface area contributed by atoms with Crippen LogP contribution in [0.2, 0.25) is 0 Å². The summed E-state index contributed by atoms with van der Waals surface area (Å²) < 4.78 is 4.30. The van der Waals surface area contributed by atoms with Crippen LogP contribution in [0.15, 0.2) is 76.6 Å². The molecule has 0 aliphatic rings. The zero-order chi connectivity index (χ0) is 17.9. The van der Waals surface area contributed by atoms with Crippen LogP contribution in [-0.2, 0) is 5.75 Å². The summed E-state index contributed by atoms with van der Waals surface area (Å²) in [5, 5.41) is 13.4. The number of thioether (sulfide) groups is 1.